The number of carboxylic acid groups (broad SMARTS) is 1. The molecular weight excluding hydrogens is 434 g/mol. The Bertz CT molecular complexity index is 1210. The van der Waals surface area contributed by atoms with Gasteiger partial charge in [-0.3, -0.25) is 4.79 Å². The highest BCUT2D eigenvalue weighted by Crippen LogP contribution is 2.36. The predicted molar refractivity (Wildman–Crippen MR) is 127 cm³/mol. The zero-order chi connectivity index (χ0) is 23.7. The highest BCUT2D eigenvalue weighted by atomic mass is 16.5. The van der Waals surface area contributed by atoms with E-state index in [0.717, 1.165) is 29.7 Å². The quantitative estimate of drug-likeness (QED) is 0.419. The van der Waals surface area contributed by atoms with E-state index in [1.165, 1.54) is 19.2 Å². The number of aromatic nitrogens is 3. The molecule has 2 aliphatic rings. The van der Waals surface area contributed by atoms with Crippen molar-refractivity contribution in [3.63, 3.8) is 0 Å². The van der Waals surface area contributed by atoms with Crippen molar-refractivity contribution in [3.05, 3.63) is 41.9 Å². The predicted octanol–water partition coefficient (Wildman–Crippen LogP) is 4.03. The van der Waals surface area contributed by atoms with E-state index in [2.05, 4.69) is 25.6 Å². The molecule has 1 aromatic carbocycles. The summed E-state index contributed by atoms with van der Waals surface area (Å²) in [5.41, 5.74) is 4.42. The van der Waals surface area contributed by atoms with Crippen molar-refractivity contribution in [3.8, 4) is 17.0 Å². The minimum Gasteiger partial charge on any atom is -0.493 e. The Hall–Kier alpha value is -3.62. The number of nitrogens with zero attached hydrogens (tertiary/aromatic N) is 2. The number of nitrogens with one attached hydrogen (secondary N) is 3. The van der Waals surface area contributed by atoms with E-state index in [0.29, 0.717) is 47.7 Å². The molecule has 0 unspecified atom stereocenters. The van der Waals surface area contributed by atoms with Gasteiger partial charge in [-0.15, -0.1) is 0 Å². The van der Waals surface area contributed by atoms with E-state index >= 15 is 0 Å². The third-order valence-corrected chi connectivity index (χ3v) is 6.66. The number of amides is 2. The Morgan fingerprint density at radius 2 is 1.82 bits per heavy atom. The van der Waals surface area contributed by atoms with Crippen LogP contribution in [-0.4, -0.2) is 50.7 Å². The largest absolute Gasteiger partial charge is 0.493 e. The van der Waals surface area contributed by atoms with Gasteiger partial charge in [0.2, 0.25) is 0 Å². The van der Waals surface area contributed by atoms with E-state index in [1.54, 1.807) is 6.20 Å². The maximum Gasteiger partial charge on any atom is 0.404 e. The average molecular weight is 464 g/mol. The summed E-state index contributed by atoms with van der Waals surface area (Å²) in [6, 6.07) is 6.00. The van der Waals surface area contributed by atoms with Gasteiger partial charge >= 0.3 is 6.09 Å². The molecule has 5 rings (SSSR count). The lowest BCUT2D eigenvalue weighted by Crippen LogP contribution is -2.43. The molecule has 2 aliphatic carbocycles. The van der Waals surface area contributed by atoms with Crippen LogP contribution in [-0.2, 0) is 0 Å². The smallest absolute Gasteiger partial charge is 0.404 e. The number of H-pyrrole nitrogens is 1. The lowest BCUT2D eigenvalue weighted by Gasteiger charge is -2.28. The molecular formula is C25H29N5O4. The number of carbonyl (C=O) groups is 2. The molecule has 0 atom stereocenters. The fraction of sp³-hybridized carbons (Fsp3) is 0.440. The van der Waals surface area contributed by atoms with Crippen molar-refractivity contribution in [1.82, 2.24) is 25.6 Å². The fourth-order valence-corrected chi connectivity index (χ4v) is 4.58. The van der Waals surface area contributed by atoms with Gasteiger partial charge < -0.3 is 25.5 Å². The first kappa shape index (κ1) is 22.2. The summed E-state index contributed by atoms with van der Waals surface area (Å²) in [6.45, 7) is 2.73. The van der Waals surface area contributed by atoms with Crippen LogP contribution in [0, 0.1) is 12.8 Å². The number of benzene rings is 1. The molecule has 9 nitrogen and oxygen atoms in total. The number of carbonyl (C=O) groups excluding carboxylic acids is 1. The second-order valence-electron chi connectivity index (χ2n) is 9.37. The normalized spacial score (nSPS) is 20.1. The molecule has 2 fully saturated rings. The van der Waals surface area contributed by atoms with Gasteiger partial charge in [0, 0.05) is 23.8 Å². The summed E-state index contributed by atoms with van der Waals surface area (Å²) < 4.78 is 6.11. The van der Waals surface area contributed by atoms with Crippen LogP contribution < -0.4 is 15.4 Å². The molecule has 0 aliphatic heterocycles. The molecule has 2 saturated carbocycles. The molecule has 0 radical (unpaired) electrons. The van der Waals surface area contributed by atoms with Crippen LogP contribution in [0.3, 0.4) is 0 Å². The van der Waals surface area contributed by atoms with Gasteiger partial charge in [-0.2, -0.15) is 0 Å². The third kappa shape index (κ3) is 4.83. The fourth-order valence-electron chi connectivity index (χ4n) is 4.58. The highest BCUT2D eigenvalue weighted by Gasteiger charge is 2.26. The van der Waals surface area contributed by atoms with Gasteiger partial charge in [-0.25, -0.2) is 14.8 Å². The van der Waals surface area contributed by atoms with Gasteiger partial charge in [0.25, 0.3) is 5.91 Å². The van der Waals surface area contributed by atoms with Gasteiger partial charge in [-0.1, -0.05) is 11.6 Å². The molecule has 0 bridgehead atoms. The van der Waals surface area contributed by atoms with Crippen LogP contribution >= 0.6 is 0 Å². The van der Waals surface area contributed by atoms with Crippen molar-refractivity contribution < 1.29 is 19.4 Å². The third-order valence-electron chi connectivity index (χ3n) is 6.66. The molecule has 34 heavy (non-hydrogen) atoms. The number of aryl methyl sites for hydroxylation is 1. The Kier molecular flexibility index (Phi) is 6.08. The van der Waals surface area contributed by atoms with Crippen LogP contribution in [0.15, 0.2) is 30.7 Å². The minimum atomic E-state index is -1.00. The number of hydrogen-bond donors (Lipinski definition) is 4. The molecule has 9 heteroatoms. The van der Waals surface area contributed by atoms with Gasteiger partial charge in [-0.05, 0) is 63.5 Å². The van der Waals surface area contributed by atoms with Crippen LogP contribution in [0.1, 0.15) is 54.4 Å². The first-order chi connectivity index (χ1) is 16.5. The maximum absolute atomic E-state index is 13.1. The standard InChI is InChI=1S/C25H29N5O4/c1-14-2-9-20(34-12-15-3-4-15)18(10-14)21-23-22(28-13-27-21)19(11-26-23)24(31)29-16-5-7-17(8-6-16)30-25(32)33/h2,9-11,13,15-17,26,30H,3-8,12H2,1H3,(H,29,31)(H,32,33). The summed E-state index contributed by atoms with van der Waals surface area (Å²) in [5, 5.41) is 14.5. The van der Waals surface area contributed by atoms with E-state index in [4.69, 9.17) is 9.84 Å². The summed E-state index contributed by atoms with van der Waals surface area (Å²) in [5.74, 6) is 1.22. The van der Waals surface area contributed by atoms with Crippen LogP contribution in [0.2, 0.25) is 0 Å². The molecule has 2 aromatic heterocycles. The molecule has 0 spiro atoms. The van der Waals surface area contributed by atoms with Crippen LogP contribution in [0.5, 0.6) is 5.75 Å². The maximum atomic E-state index is 13.1. The summed E-state index contributed by atoms with van der Waals surface area (Å²) in [4.78, 5) is 36.1. The summed E-state index contributed by atoms with van der Waals surface area (Å²) >= 11 is 0. The number of hydrogen-bond acceptors (Lipinski definition) is 5. The Morgan fingerprint density at radius 3 is 2.53 bits per heavy atom. The molecule has 3 aromatic rings. The molecule has 2 amide bonds. The Balaban J connectivity index is 1.35. The zero-order valence-corrected chi connectivity index (χ0v) is 19.1. The first-order valence-corrected chi connectivity index (χ1v) is 11.8. The van der Waals surface area contributed by atoms with Gasteiger partial charge in [0.05, 0.1) is 17.7 Å². The second-order valence-corrected chi connectivity index (χ2v) is 9.37. The number of fused-ring (bicyclic) bond motifs is 1. The van der Waals surface area contributed by atoms with Gasteiger partial charge in [0.15, 0.2) is 0 Å². The molecule has 2 heterocycles. The van der Waals surface area contributed by atoms with Crippen LogP contribution in [0.4, 0.5) is 4.79 Å². The van der Waals surface area contributed by atoms with Crippen molar-refractivity contribution in [2.45, 2.75) is 57.5 Å². The van der Waals surface area contributed by atoms with Crippen LogP contribution in [0.25, 0.3) is 22.3 Å². The van der Waals surface area contributed by atoms with Crippen molar-refractivity contribution >= 4 is 23.0 Å². The number of rotatable bonds is 7. The summed E-state index contributed by atoms with van der Waals surface area (Å²) in [6.07, 6.45) is 7.44. The average Bonchev–Trinajstić information content (AvgIpc) is 3.54. The van der Waals surface area contributed by atoms with Gasteiger partial charge in [0.1, 0.15) is 23.3 Å². The Morgan fingerprint density at radius 1 is 1.09 bits per heavy atom. The van der Waals surface area contributed by atoms with E-state index < -0.39 is 6.09 Å². The molecule has 178 valence electrons. The van der Waals surface area contributed by atoms with Crippen molar-refractivity contribution in [1.29, 1.82) is 0 Å². The van der Waals surface area contributed by atoms with Crippen molar-refractivity contribution in [2.24, 2.45) is 5.92 Å². The lowest BCUT2D eigenvalue weighted by atomic mass is 9.91. The summed E-state index contributed by atoms with van der Waals surface area (Å²) in [7, 11) is 0. The second kappa shape index (κ2) is 9.32. The Labute approximate surface area is 197 Å². The SMILES string of the molecule is Cc1ccc(OCC2CC2)c(-c2ncnc3c(C(=O)NC4CCC(NC(=O)O)CC4)c[nH]c23)c1. The zero-order valence-electron chi connectivity index (χ0n) is 19.1. The first-order valence-electron chi connectivity index (χ1n) is 11.8. The lowest BCUT2D eigenvalue weighted by molar-refractivity contribution is 0.0924. The highest BCUT2D eigenvalue weighted by molar-refractivity contribution is 6.08. The van der Waals surface area contributed by atoms with E-state index in [9.17, 15) is 9.59 Å². The van der Waals surface area contributed by atoms with E-state index in [-0.39, 0.29) is 18.0 Å². The monoisotopic (exact) mass is 463 g/mol. The topological polar surface area (TPSA) is 129 Å². The van der Waals surface area contributed by atoms with E-state index in [1.807, 2.05) is 25.1 Å². The minimum absolute atomic E-state index is 0.00445. The molecule has 0 saturated heterocycles. The number of ether oxygens (including phenoxy) is 1. The molecule has 4 N–H and O–H groups in total. The number of aromatic amines is 1. The van der Waals surface area contributed by atoms with Crippen molar-refractivity contribution in [2.75, 3.05) is 6.61 Å².